The first-order valence-electron chi connectivity index (χ1n) is 5.86. The zero-order chi connectivity index (χ0) is 13.1. The van der Waals surface area contributed by atoms with Gasteiger partial charge < -0.3 is 5.73 Å². The second kappa shape index (κ2) is 5.19. The van der Waals surface area contributed by atoms with Crippen molar-refractivity contribution in [2.45, 2.75) is 6.04 Å². The van der Waals surface area contributed by atoms with E-state index < -0.39 is 0 Å². The molecule has 2 rings (SSSR count). The van der Waals surface area contributed by atoms with Crippen LogP contribution in [0.1, 0.15) is 17.2 Å². The van der Waals surface area contributed by atoms with Crippen molar-refractivity contribution in [1.82, 2.24) is 4.90 Å². The molecule has 1 unspecified atom stereocenters. The maximum absolute atomic E-state index is 13.9. The third-order valence-electron chi connectivity index (χ3n) is 2.97. The SMILES string of the molecule is CN(C)C(c1ccc(N)cc1)c1ccccc1F. The zero-order valence-electron chi connectivity index (χ0n) is 10.6. The average Bonchev–Trinajstić information content (AvgIpc) is 2.34. The van der Waals surface area contributed by atoms with E-state index in [1.807, 2.05) is 55.4 Å². The highest BCUT2D eigenvalue weighted by Crippen LogP contribution is 2.28. The van der Waals surface area contributed by atoms with Crippen molar-refractivity contribution < 1.29 is 4.39 Å². The van der Waals surface area contributed by atoms with Crippen molar-refractivity contribution >= 4 is 5.69 Å². The lowest BCUT2D eigenvalue weighted by Crippen LogP contribution is -2.22. The van der Waals surface area contributed by atoms with Crippen molar-refractivity contribution in [1.29, 1.82) is 0 Å². The molecule has 0 aliphatic carbocycles. The van der Waals surface area contributed by atoms with Crippen LogP contribution in [0.5, 0.6) is 0 Å². The van der Waals surface area contributed by atoms with Crippen LogP contribution in [0.3, 0.4) is 0 Å². The van der Waals surface area contributed by atoms with Gasteiger partial charge >= 0.3 is 0 Å². The summed E-state index contributed by atoms with van der Waals surface area (Å²) >= 11 is 0. The van der Waals surface area contributed by atoms with E-state index in [2.05, 4.69) is 0 Å². The van der Waals surface area contributed by atoms with E-state index in [0.717, 1.165) is 5.56 Å². The van der Waals surface area contributed by atoms with Crippen LogP contribution in [0.25, 0.3) is 0 Å². The summed E-state index contributed by atoms with van der Waals surface area (Å²) in [6.07, 6.45) is 0. The Hall–Kier alpha value is -1.87. The molecule has 94 valence electrons. The predicted molar refractivity (Wildman–Crippen MR) is 72.8 cm³/mol. The molecule has 0 heterocycles. The van der Waals surface area contributed by atoms with Crippen molar-refractivity contribution in [3.8, 4) is 0 Å². The van der Waals surface area contributed by atoms with Gasteiger partial charge in [-0.3, -0.25) is 4.90 Å². The van der Waals surface area contributed by atoms with E-state index in [1.54, 1.807) is 6.07 Å². The van der Waals surface area contributed by atoms with Gasteiger partial charge in [-0.15, -0.1) is 0 Å². The van der Waals surface area contributed by atoms with Crippen LogP contribution < -0.4 is 5.73 Å². The molecule has 3 heteroatoms. The quantitative estimate of drug-likeness (QED) is 0.841. The summed E-state index contributed by atoms with van der Waals surface area (Å²) in [6, 6.07) is 14.3. The van der Waals surface area contributed by atoms with E-state index in [9.17, 15) is 4.39 Å². The van der Waals surface area contributed by atoms with Gasteiger partial charge in [-0.05, 0) is 37.9 Å². The second-order valence-corrected chi connectivity index (χ2v) is 4.55. The van der Waals surface area contributed by atoms with E-state index in [-0.39, 0.29) is 11.9 Å². The molecular weight excluding hydrogens is 227 g/mol. The number of hydrogen-bond donors (Lipinski definition) is 1. The number of anilines is 1. The Labute approximate surface area is 107 Å². The molecule has 0 bridgehead atoms. The fraction of sp³-hybridized carbons (Fsp3) is 0.200. The molecule has 0 saturated carbocycles. The molecule has 0 spiro atoms. The molecule has 0 fully saturated rings. The van der Waals surface area contributed by atoms with Gasteiger partial charge in [0, 0.05) is 11.3 Å². The number of nitrogen functional groups attached to an aromatic ring is 1. The van der Waals surface area contributed by atoms with E-state index in [0.29, 0.717) is 11.3 Å². The van der Waals surface area contributed by atoms with Gasteiger partial charge in [-0.2, -0.15) is 0 Å². The average molecular weight is 244 g/mol. The topological polar surface area (TPSA) is 29.3 Å². The fourth-order valence-corrected chi connectivity index (χ4v) is 2.13. The number of nitrogens with zero attached hydrogens (tertiary/aromatic N) is 1. The Morgan fingerprint density at radius 3 is 2.17 bits per heavy atom. The van der Waals surface area contributed by atoms with Gasteiger partial charge in [-0.25, -0.2) is 4.39 Å². The Kier molecular flexibility index (Phi) is 3.63. The maximum Gasteiger partial charge on any atom is 0.128 e. The van der Waals surface area contributed by atoms with Gasteiger partial charge in [-0.1, -0.05) is 30.3 Å². The molecule has 0 aliphatic rings. The molecule has 0 aliphatic heterocycles. The number of hydrogen-bond acceptors (Lipinski definition) is 2. The third-order valence-corrected chi connectivity index (χ3v) is 2.97. The van der Waals surface area contributed by atoms with Crippen molar-refractivity contribution in [3.63, 3.8) is 0 Å². The molecule has 2 N–H and O–H groups in total. The van der Waals surface area contributed by atoms with Gasteiger partial charge in [0.05, 0.1) is 6.04 Å². The second-order valence-electron chi connectivity index (χ2n) is 4.55. The van der Waals surface area contributed by atoms with Crippen LogP contribution in [0, 0.1) is 5.82 Å². The van der Waals surface area contributed by atoms with E-state index >= 15 is 0 Å². The lowest BCUT2D eigenvalue weighted by molar-refractivity contribution is 0.334. The van der Waals surface area contributed by atoms with Crippen molar-refractivity contribution in [2.75, 3.05) is 19.8 Å². The molecule has 18 heavy (non-hydrogen) atoms. The van der Waals surface area contributed by atoms with Crippen LogP contribution in [0.2, 0.25) is 0 Å². The molecule has 0 saturated heterocycles. The van der Waals surface area contributed by atoms with Crippen LogP contribution in [-0.4, -0.2) is 19.0 Å². The molecule has 2 aromatic rings. The Balaban J connectivity index is 2.47. The van der Waals surface area contributed by atoms with Gasteiger partial charge in [0.1, 0.15) is 5.82 Å². The normalized spacial score (nSPS) is 12.7. The lowest BCUT2D eigenvalue weighted by atomic mass is 9.97. The van der Waals surface area contributed by atoms with Crippen LogP contribution >= 0.6 is 0 Å². The Morgan fingerprint density at radius 2 is 1.61 bits per heavy atom. The summed E-state index contributed by atoms with van der Waals surface area (Å²) in [5.41, 5.74) is 8.10. The van der Waals surface area contributed by atoms with Crippen LogP contribution in [0.4, 0.5) is 10.1 Å². The summed E-state index contributed by atoms with van der Waals surface area (Å²) in [7, 11) is 3.88. The first-order valence-corrected chi connectivity index (χ1v) is 5.86. The number of halogens is 1. The molecule has 2 aromatic carbocycles. The molecule has 0 aromatic heterocycles. The third kappa shape index (κ3) is 2.51. The Bertz CT molecular complexity index is 520. The predicted octanol–water partition coefficient (Wildman–Crippen LogP) is 3.06. The first kappa shape index (κ1) is 12.6. The van der Waals surface area contributed by atoms with Gasteiger partial charge in [0.2, 0.25) is 0 Å². The fourth-order valence-electron chi connectivity index (χ4n) is 2.13. The molecule has 0 radical (unpaired) electrons. The highest BCUT2D eigenvalue weighted by atomic mass is 19.1. The minimum Gasteiger partial charge on any atom is -0.399 e. The minimum atomic E-state index is -0.187. The van der Waals surface area contributed by atoms with E-state index in [4.69, 9.17) is 5.73 Å². The standard InChI is InChI=1S/C15H17FN2/c1-18(2)15(11-7-9-12(17)10-8-11)13-5-3-4-6-14(13)16/h3-10,15H,17H2,1-2H3. The minimum absolute atomic E-state index is 0.105. The van der Waals surface area contributed by atoms with Crippen LogP contribution in [-0.2, 0) is 0 Å². The summed E-state index contributed by atoms with van der Waals surface area (Å²) in [6.45, 7) is 0. The number of rotatable bonds is 3. The highest BCUT2D eigenvalue weighted by molar-refractivity contribution is 5.42. The lowest BCUT2D eigenvalue weighted by Gasteiger charge is -2.25. The van der Waals surface area contributed by atoms with Gasteiger partial charge in [0.25, 0.3) is 0 Å². The number of benzene rings is 2. The largest absolute Gasteiger partial charge is 0.399 e. The summed E-state index contributed by atoms with van der Waals surface area (Å²) in [5, 5.41) is 0. The van der Waals surface area contributed by atoms with Gasteiger partial charge in [0.15, 0.2) is 0 Å². The summed E-state index contributed by atoms with van der Waals surface area (Å²) < 4.78 is 13.9. The summed E-state index contributed by atoms with van der Waals surface area (Å²) in [4.78, 5) is 1.99. The monoisotopic (exact) mass is 244 g/mol. The zero-order valence-corrected chi connectivity index (χ0v) is 10.6. The molecule has 2 nitrogen and oxygen atoms in total. The van der Waals surface area contributed by atoms with Crippen molar-refractivity contribution in [3.05, 3.63) is 65.5 Å². The smallest absolute Gasteiger partial charge is 0.128 e. The van der Waals surface area contributed by atoms with Crippen LogP contribution in [0.15, 0.2) is 48.5 Å². The summed E-state index contributed by atoms with van der Waals surface area (Å²) in [5.74, 6) is -0.187. The molecule has 0 amide bonds. The van der Waals surface area contributed by atoms with Crippen molar-refractivity contribution in [2.24, 2.45) is 0 Å². The number of nitrogens with two attached hydrogens (primary N) is 1. The van der Waals surface area contributed by atoms with E-state index in [1.165, 1.54) is 6.07 Å². The first-order chi connectivity index (χ1) is 8.59. The molecular formula is C15H17FN2. The highest BCUT2D eigenvalue weighted by Gasteiger charge is 2.19. The Morgan fingerprint density at radius 1 is 1.00 bits per heavy atom. The maximum atomic E-state index is 13.9. The molecule has 1 atom stereocenters.